The van der Waals surface area contributed by atoms with Crippen molar-refractivity contribution in [2.45, 2.75) is 36.2 Å². The number of benzene rings is 2. The molecule has 5 rings (SSSR count). The van der Waals surface area contributed by atoms with Crippen LogP contribution in [-0.4, -0.2) is 49.0 Å². The van der Waals surface area contributed by atoms with E-state index in [2.05, 4.69) is 10.6 Å². The molecule has 38 heavy (non-hydrogen) atoms. The summed E-state index contributed by atoms with van der Waals surface area (Å²) in [6.07, 6.45) is 1.18. The molecule has 2 aromatic carbocycles. The fourth-order valence-corrected chi connectivity index (χ4v) is 5.83. The summed E-state index contributed by atoms with van der Waals surface area (Å²) in [5.41, 5.74) is 2.17. The van der Waals surface area contributed by atoms with Crippen LogP contribution >= 0.6 is 0 Å². The first-order valence-corrected chi connectivity index (χ1v) is 13.9. The van der Waals surface area contributed by atoms with E-state index in [4.69, 9.17) is 5.14 Å². The molecule has 198 valence electrons. The van der Waals surface area contributed by atoms with Crippen molar-refractivity contribution in [1.29, 1.82) is 0 Å². The maximum atomic E-state index is 13.4. The topological polar surface area (TPSA) is 144 Å². The van der Waals surface area contributed by atoms with Crippen LogP contribution in [-0.2, 0) is 27.8 Å². The van der Waals surface area contributed by atoms with Gasteiger partial charge in [0, 0.05) is 49.4 Å². The summed E-state index contributed by atoms with van der Waals surface area (Å²) in [6.45, 7) is 1.52. The number of rotatable bonds is 6. The van der Waals surface area contributed by atoms with E-state index in [1.54, 1.807) is 21.6 Å². The second-order valence-corrected chi connectivity index (χ2v) is 11.4. The van der Waals surface area contributed by atoms with E-state index in [1.807, 2.05) is 36.4 Å². The summed E-state index contributed by atoms with van der Waals surface area (Å²) in [5.74, 6) is -0.216. The van der Waals surface area contributed by atoms with Crippen molar-refractivity contribution in [3.05, 3.63) is 94.4 Å². The van der Waals surface area contributed by atoms with Gasteiger partial charge in [-0.2, -0.15) is 0 Å². The molecule has 11 heteroatoms. The molecule has 2 aliphatic heterocycles. The largest absolute Gasteiger partial charge is 0.326 e. The number of fused-ring (bicyclic) bond motifs is 4. The van der Waals surface area contributed by atoms with Crippen molar-refractivity contribution in [3.63, 3.8) is 0 Å². The number of hydrogen-bond acceptors (Lipinski definition) is 5. The van der Waals surface area contributed by atoms with Crippen LogP contribution in [0.5, 0.6) is 0 Å². The van der Waals surface area contributed by atoms with Crippen molar-refractivity contribution in [3.8, 4) is 0 Å². The highest BCUT2D eigenvalue weighted by Crippen LogP contribution is 2.35. The number of urea groups is 1. The molecule has 0 saturated carbocycles. The number of likely N-dealkylation sites (tertiary alicyclic amines) is 1. The molecular formula is C27H29N5O5S. The summed E-state index contributed by atoms with van der Waals surface area (Å²) >= 11 is 0. The number of nitrogens with two attached hydrogens (primary N) is 1. The number of sulfonamides is 1. The van der Waals surface area contributed by atoms with Crippen LogP contribution in [0.15, 0.2) is 82.5 Å². The van der Waals surface area contributed by atoms with Gasteiger partial charge < -0.3 is 20.1 Å². The first-order chi connectivity index (χ1) is 18.2. The minimum Gasteiger partial charge on any atom is -0.326 e. The van der Waals surface area contributed by atoms with E-state index in [1.165, 1.54) is 24.3 Å². The van der Waals surface area contributed by atoms with Gasteiger partial charge in [-0.1, -0.05) is 36.4 Å². The van der Waals surface area contributed by atoms with Crippen LogP contribution in [0.25, 0.3) is 0 Å². The Morgan fingerprint density at radius 1 is 0.947 bits per heavy atom. The van der Waals surface area contributed by atoms with Gasteiger partial charge in [0.05, 0.1) is 4.90 Å². The van der Waals surface area contributed by atoms with Gasteiger partial charge in [-0.25, -0.2) is 18.4 Å². The fourth-order valence-electron chi connectivity index (χ4n) is 5.32. The highest BCUT2D eigenvalue weighted by molar-refractivity contribution is 7.89. The number of amides is 3. The standard InChI is InChI=1S/C27H29N5O5S/c28-38(36,37)22-11-9-21(10-12-22)29-26(34)23(14-18-5-2-1-3-6-18)30-27(35)31-15-19-13-20(17-31)24-7-4-8-25(33)32(24)16-19/h1-12,19-20,23H,13-17H2,(H,29,34)(H,30,35)(H2,28,36,37)/t19-,20-,23-/m0/s1. The first kappa shape index (κ1) is 25.7. The van der Waals surface area contributed by atoms with Gasteiger partial charge in [0.1, 0.15) is 6.04 Å². The van der Waals surface area contributed by atoms with Gasteiger partial charge in [-0.15, -0.1) is 0 Å². The quantitative estimate of drug-likeness (QED) is 0.442. The Morgan fingerprint density at radius 2 is 1.68 bits per heavy atom. The molecule has 3 aromatic rings. The van der Waals surface area contributed by atoms with E-state index >= 15 is 0 Å². The van der Waals surface area contributed by atoms with Crippen LogP contribution < -0.4 is 21.3 Å². The molecule has 0 unspecified atom stereocenters. The number of carbonyl (C=O) groups excluding carboxylic acids is 2. The Hall–Kier alpha value is -3.96. The van der Waals surface area contributed by atoms with E-state index in [9.17, 15) is 22.8 Å². The smallest absolute Gasteiger partial charge is 0.318 e. The second-order valence-electron chi connectivity index (χ2n) is 9.85. The molecule has 1 fully saturated rings. The Bertz CT molecular complexity index is 1500. The van der Waals surface area contributed by atoms with Crippen LogP contribution in [0.2, 0.25) is 0 Å². The van der Waals surface area contributed by atoms with Gasteiger partial charge >= 0.3 is 6.03 Å². The lowest BCUT2D eigenvalue weighted by atomic mass is 9.83. The van der Waals surface area contributed by atoms with Crippen molar-refractivity contribution >= 4 is 27.6 Å². The molecule has 3 heterocycles. The normalized spacial score (nSPS) is 19.2. The molecule has 0 aliphatic carbocycles. The molecule has 2 bridgehead atoms. The van der Waals surface area contributed by atoms with Gasteiger partial charge in [-0.3, -0.25) is 9.59 Å². The molecule has 0 spiro atoms. The predicted molar refractivity (Wildman–Crippen MR) is 142 cm³/mol. The molecule has 4 N–H and O–H groups in total. The van der Waals surface area contributed by atoms with Crippen molar-refractivity contribution in [1.82, 2.24) is 14.8 Å². The van der Waals surface area contributed by atoms with Crippen LogP contribution in [0, 0.1) is 5.92 Å². The number of nitrogens with zero attached hydrogens (tertiary/aromatic N) is 2. The van der Waals surface area contributed by atoms with Gasteiger partial charge in [0.2, 0.25) is 15.9 Å². The average Bonchev–Trinajstić information content (AvgIpc) is 2.89. The maximum Gasteiger partial charge on any atom is 0.318 e. The number of anilines is 1. The first-order valence-electron chi connectivity index (χ1n) is 12.4. The zero-order valence-electron chi connectivity index (χ0n) is 20.6. The van der Waals surface area contributed by atoms with Gasteiger partial charge in [0.15, 0.2) is 0 Å². The van der Waals surface area contributed by atoms with E-state index in [0.717, 1.165) is 17.7 Å². The Morgan fingerprint density at radius 3 is 2.39 bits per heavy atom. The molecular weight excluding hydrogens is 506 g/mol. The fraction of sp³-hybridized carbons (Fsp3) is 0.296. The van der Waals surface area contributed by atoms with Gasteiger partial charge in [0.25, 0.3) is 5.56 Å². The average molecular weight is 536 g/mol. The Balaban J connectivity index is 1.32. The molecule has 2 aliphatic rings. The van der Waals surface area contributed by atoms with Crippen LogP contribution in [0.3, 0.4) is 0 Å². The van der Waals surface area contributed by atoms with E-state index in [-0.39, 0.29) is 34.7 Å². The second kappa shape index (κ2) is 10.4. The zero-order valence-corrected chi connectivity index (χ0v) is 21.4. The summed E-state index contributed by atoms with van der Waals surface area (Å²) in [7, 11) is -3.86. The number of aromatic nitrogens is 1. The van der Waals surface area contributed by atoms with E-state index in [0.29, 0.717) is 25.3 Å². The van der Waals surface area contributed by atoms with Crippen LogP contribution in [0.4, 0.5) is 10.5 Å². The SMILES string of the molecule is NS(=O)(=O)c1ccc(NC(=O)[C@H](Cc2ccccc2)NC(=O)N2C[C@@H]3C[C@@H](C2)c2cccc(=O)n2C3)cc1. The molecule has 0 radical (unpaired) electrons. The number of primary sulfonamides is 1. The molecule has 3 atom stereocenters. The van der Waals surface area contributed by atoms with E-state index < -0.39 is 22.0 Å². The third-order valence-corrected chi connectivity index (χ3v) is 8.04. The Labute approximate surface area is 220 Å². The number of piperidine rings is 1. The van der Waals surface area contributed by atoms with Crippen molar-refractivity contribution in [2.75, 3.05) is 18.4 Å². The molecule has 3 amide bonds. The predicted octanol–water partition coefficient (Wildman–Crippen LogP) is 1.87. The van der Waals surface area contributed by atoms with Gasteiger partial charge in [-0.05, 0) is 48.2 Å². The lowest BCUT2D eigenvalue weighted by molar-refractivity contribution is -0.118. The summed E-state index contributed by atoms with van der Waals surface area (Å²) in [4.78, 5) is 40.7. The molecule has 1 aromatic heterocycles. The number of nitrogens with one attached hydrogen (secondary N) is 2. The van der Waals surface area contributed by atoms with Crippen molar-refractivity contribution in [2.24, 2.45) is 11.1 Å². The zero-order chi connectivity index (χ0) is 26.9. The summed E-state index contributed by atoms with van der Waals surface area (Å²) < 4.78 is 24.9. The number of pyridine rings is 1. The summed E-state index contributed by atoms with van der Waals surface area (Å²) in [5, 5.41) is 10.8. The van der Waals surface area contributed by atoms with Crippen molar-refractivity contribution < 1.29 is 18.0 Å². The molecule has 1 saturated heterocycles. The summed E-state index contributed by atoms with van der Waals surface area (Å²) in [6, 6.07) is 18.9. The lowest BCUT2D eigenvalue weighted by Gasteiger charge is -2.43. The highest BCUT2D eigenvalue weighted by Gasteiger charge is 2.37. The molecule has 10 nitrogen and oxygen atoms in total. The number of carbonyl (C=O) groups is 2. The lowest BCUT2D eigenvalue weighted by Crippen LogP contribution is -2.55. The maximum absolute atomic E-state index is 13.4. The third-order valence-electron chi connectivity index (χ3n) is 7.11. The minimum atomic E-state index is -3.86. The monoisotopic (exact) mass is 535 g/mol. The highest BCUT2D eigenvalue weighted by atomic mass is 32.2. The number of hydrogen-bond donors (Lipinski definition) is 3. The third kappa shape index (κ3) is 5.63. The Kier molecular flexibility index (Phi) is 7.04. The minimum absolute atomic E-state index is 0.0215. The van der Waals surface area contributed by atoms with Crippen LogP contribution in [0.1, 0.15) is 23.6 Å².